The molecular weight excluding hydrogens is 583 g/mol. The van der Waals surface area contributed by atoms with Crippen LogP contribution in [0.15, 0.2) is 68.9 Å². The van der Waals surface area contributed by atoms with Gasteiger partial charge in [0.25, 0.3) is 0 Å². The Morgan fingerprint density at radius 2 is 1.78 bits per heavy atom. The van der Waals surface area contributed by atoms with Crippen molar-refractivity contribution in [3.8, 4) is 23.3 Å². The van der Waals surface area contributed by atoms with E-state index in [0.717, 1.165) is 16.7 Å². The van der Waals surface area contributed by atoms with Gasteiger partial charge in [0.05, 0.1) is 24.9 Å². The second kappa shape index (κ2) is 9.24. The Morgan fingerprint density at radius 3 is 2.44 bits per heavy atom. The van der Waals surface area contributed by atoms with Crippen molar-refractivity contribution in [2.75, 3.05) is 0 Å². The van der Waals surface area contributed by atoms with Crippen LogP contribution in [0.2, 0.25) is 10.0 Å². The van der Waals surface area contributed by atoms with Gasteiger partial charge in [-0.05, 0) is 73.3 Å². The van der Waals surface area contributed by atoms with Crippen molar-refractivity contribution in [2.45, 2.75) is 12.5 Å². The van der Waals surface area contributed by atoms with Crippen molar-refractivity contribution in [1.82, 2.24) is 0 Å². The summed E-state index contributed by atoms with van der Waals surface area (Å²) in [6.07, 6.45) is 0. The molecular formula is C23H14Br2Cl2N2O3. The molecule has 3 aromatic rings. The van der Waals surface area contributed by atoms with E-state index < -0.39 is 5.92 Å². The van der Waals surface area contributed by atoms with E-state index >= 15 is 0 Å². The number of fused-ring (bicyclic) bond motifs is 1. The average Bonchev–Trinajstić information content (AvgIpc) is 2.74. The largest absolute Gasteiger partial charge is 0.508 e. The maximum atomic E-state index is 9.82. The predicted octanol–water partition coefficient (Wildman–Crippen LogP) is 7.02. The van der Waals surface area contributed by atoms with Gasteiger partial charge in [-0.3, -0.25) is 0 Å². The minimum absolute atomic E-state index is 0.00258. The Balaban J connectivity index is 1.70. The molecule has 0 radical (unpaired) electrons. The molecule has 1 heterocycles. The maximum Gasteiger partial charge on any atom is 0.205 e. The highest BCUT2D eigenvalue weighted by atomic mass is 79.9. The van der Waals surface area contributed by atoms with Crippen molar-refractivity contribution in [2.24, 2.45) is 5.73 Å². The Bertz CT molecular complexity index is 1280. The normalized spacial score (nSPS) is 15.0. The van der Waals surface area contributed by atoms with Gasteiger partial charge < -0.3 is 20.3 Å². The lowest BCUT2D eigenvalue weighted by Crippen LogP contribution is -2.21. The number of hydrogen-bond acceptors (Lipinski definition) is 5. The van der Waals surface area contributed by atoms with Gasteiger partial charge >= 0.3 is 0 Å². The Hall–Kier alpha value is -2.37. The summed E-state index contributed by atoms with van der Waals surface area (Å²) in [7, 11) is 0. The number of rotatable bonds is 4. The number of benzene rings is 3. The number of nitrogens with zero attached hydrogens (tertiary/aromatic N) is 1. The molecule has 0 fully saturated rings. The van der Waals surface area contributed by atoms with Gasteiger partial charge in [-0.25, -0.2) is 0 Å². The van der Waals surface area contributed by atoms with Crippen LogP contribution in [0.3, 0.4) is 0 Å². The second-order valence-corrected chi connectivity index (χ2v) is 9.52. The molecule has 1 atom stereocenters. The zero-order chi connectivity index (χ0) is 23.0. The first-order chi connectivity index (χ1) is 15.3. The third-order valence-electron chi connectivity index (χ3n) is 4.92. The Kier molecular flexibility index (Phi) is 6.59. The molecule has 4 rings (SSSR count). The summed E-state index contributed by atoms with van der Waals surface area (Å²) in [4.78, 5) is 0. The van der Waals surface area contributed by atoms with Crippen LogP contribution < -0.4 is 15.2 Å². The van der Waals surface area contributed by atoms with Gasteiger partial charge in [-0.2, -0.15) is 5.26 Å². The molecule has 32 heavy (non-hydrogen) atoms. The minimum Gasteiger partial charge on any atom is -0.508 e. The molecule has 3 aromatic carbocycles. The molecule has 0 saturated heterocycles. The summed E-state index contributed by atoms with van der Waals surface area (Å²) in [6.45, 7) is 0.281. The van der Waals surface area contributed by atoms with E-state index in [0.29, 0.717) is 30.5 Å². The van der Waals surface area contributed by atoms with Gasteiger partial charge in [-0.1, -0.05) is 35.3 Å². The van der Waals surface area contributed by atoms with Gasteiger partial charge in [0, 0.05) is 11.6 Å². The van der Waals surface area contributed by atoms with Gasteiger partial charge in [0.15, 0.2) is 0 Å². The number of nitrogens with two attached hydrogens (primary N) is 1. The van der Waals surface area contributed by atoms with Gasteiger partial charge in [0.1, 0.15) is 35.5 Å². The van der Waals surface area contributed by atoms with Crippen molar-refractivity contribution in [3.63, 3.8) is 0 Å². The highest BCUT2D eigenvalue weighted by Crippen LogP contribution is 2.46. The van der Waals surface area contributed by atoms with Crippen LogP contribution in [0.4, 0.5) is 0 Å². The van der Waals surface area contributed by atoms with Crippen LogP contribution in [0, 0.1) is 11.3 Å². The number of ether oxygens (including phenoxy) is 2. The number of phenols is 1. The van der Waals surface area contributed by atoms with Gasteiger partial charge in [0.2, 0.25) is 5.88 Å². The van der Waals surface area contributed by atoms with Crippen molar-refractivity contribution < 1.29 is 14.6 Å². The van der Waals surface area contributed by atoms with Crippen molar-refractivity contribution in [1.29, 1.82) is 5.26 Å². The summed E-state index contributed by atoms with van der Waals surface area (Å²) in [5.74, 6) is 0.569. The summed E-state index contributed by atoms with van der Waals surface area (Å²) in [6, 6.07) is 15.9. The number of aromatic hydroxyl groups is 1. The molecule has 0 saturated carbocycles. The van der Waals surface area contributed by atoms with E-state index in [2.05, 4.69) is 37.9 Å². The number of halogens is 4. The summed E-state index contributed by atoms with van der Waals surface area (Å²) in [5.41, 5.74) is 8.67. The average molecular weight is 597 g/mol. The first-order valence-electron chi connectivity index (χ1n) is 9.24. The number of nitriles is 1. The molecule has 0 aliphatic carbocycles. The number of allylic oxidation sites excluding steroid dienone is 1. The van der Waals surface area contributed by atoms with Crippen LogP contribution in [0.5, 0.6) is 17.2 Å². The monoisotopic (exact) mass is 594 g/mol. The summed E-state index contributed by atoms with van der Waals surface area (Å²) in [5, 5.41) is 20.5. The molecule has 0 bridgehead atoms. The first kappa shape index (κ1) is 22.8. The van der Waals surface area contributed by atoms with Crippen LogP contribution >= 0.6 is 55.1 Å². The molecule has 0 spiro atoms. The third kappa shape index (κ3) is 4.41. The maximum absolute atomic E-state index is 9.82. The standard InChI is InChI=1S/C23H14Br2Cl2N2O3/c24-16-6-12(7-17(25)22(16)31-10-11-1-4-18(26)19(27)5-11)21-14-3-2-13(30)8-20(14)32-23(29)15(21)9-28/h1-8,21,30H,10,29H2/t21-/m0/s1. The van der Waals surface area contributed by atoms with Crippen LogP contribution in [-0.2, 0) is 6.61 Å². The fraction of sp³-hybridized carbons (Fsp3) is 0.0870. The molecule has 1 aliphatic rings. The van der Waals surface area contributed by atoms with E-state index in [1.165, 1.54) is 6.07 Å². The van der Waals surface area contributed by atoms with Gasteiger partial charge in [-0.15, -0.1) is 0 Å². The lowest BCUT2D eigenvalue weighted by molar-refractivity contribution is 0.302. The molecule has 0 aromatic heterocycles. The van der Waals surface area contributed by atoms with Crippen LogP contribution in [0.25, 0.3) is 0 Å². The molecule has 9 heteroatoms. The molecule has 5 nitrogen and oxygen atoms in total. The second-order valence-electron chi connectivity index (χ2n) is 7.00. The zero-order valence-corrected chi connectivity index (χ0v) is 20.9. The highest BCUT2D eigenvalue weighted by molar-refractivity contribution is 9.11. The Morgan fingerprint density at radius 1 is 1.06 bits per heavy atom. The van der Waals surface area contributed by atoms with Crippen LogP contribution in [-0.4, -0.2) is 5.11 Å². The van der Waals surface area contributed by atoms with E-state index in [-0.39, 0.29) is 23.8 Å². The molecule has 1 aliphatic heterocycles. The van der Waals surface area contributed by atoms with Crippen LogP contribution in [0.1, 0.15) is 22.6 Å². The van der Waals surface area contributed by atoms with Crippen molar-refractivity contribution in [3.05, 3.63) is 95.7 Å². The number of hydrogen-bond donors (Lipinski definition) is 2. The topological polar surface area (TPSA) is 88.5 Å². The van der Waals surface area contributed by atoms with E-state index in [1.807, 2.05) is 18.2 Å². The first-order valence-corrected chi connectivity index (χ1v) is 11.6. The molecule has 0 amide bonds. The SMILES string of the molecule is N#CC1=C(N)Oc2cc(O)ccc2[C@@H]1c1cc(Br)c(OCc2ccc(Cl)c(Cl)c2)c(Br)c1. The molecule has 162 valence electrons. The third-order valence-corrected chi connectivity index (χ3v) is 6.84. The minimum atomic E-state index is -0.471. The highest BCUT2D eigenvalue weighted by Gasteiger charge is 2.31. The fourth-order valence-electron chi connectivity index (χ4n) is 3.46. The molecule has 0 unspecified atom stereocenters. The summed E-state index contributed by atoms with van der Waals surface area (Å²) < 4.78 is 12.9. The quantitative estimate of drug-likeness (QED) is 0.338. The fourth-order valence-corrected chi connectivity index (χ4v) is 5.23. The molecule has 3 N–H and O–H groups in total. The lowest BCUT2D eigenvalue weighted by Gasteiger charge is -2.27. The zero-order valence-electron chi connectivity index (χ0n) is 16.2. The predicted molar refractivity (Wildman–Crippen MR) is 130 cm³/mol. The number of phenolic OH excluding ortho intramolecular Hbond substituents is 1. The smallest absolute Gasteiger partial charge is 0.205 e. The van der Waals surface area contributed by atoms with E-state index in [1.54, 1.807) is 24.3 Å². The Labute approximate surface area is 211 Å². The van der Waals surface area contributed by atoms with E-state index in [9.17, 15) is 10.4 Å². The van der Waals surface area contributed by atoms with E-state index in [4.69, 9.17) is 38.4 Å². The summed E-state index contributed by atoms with van der Waals surface area (Å²) >= 11 is 19.2. The lowest BCUT2D eigenvalue weighted by atomic mass is 9.83. The van der Waals surface area contributed by atoms with Crippen molar-refractivity contribution >= 4 is 55.1 Å².